The predicted octanol–water partition coefficient (Wildman–Crippen LogP) is 6.85. The van der Waals surface area contributed by atoms with Crippen LogP contribution in [0.4, 0.5) is 0 Å². The van der Waals surface area contributed by atoms with Gasteiger partial charge >= 0.3 is 0 Å². The van der Waals surface area contributed by atoms with Crippen LogP contribution in [-0.4, -0.2) is 35.5 Å². The second-order valence-electron chi connectivity index (χ2n) is 10.6. The first-order valence-corrected chi connectivity index (χ1v) is 13.8. The lowest BCUT2D eigenvalue weighted by molar-refractivity contribution is 0.350. The van der Waals surface area contributed by atoms with Crippen LogP contribution in [-0.2, 0) is 13.0 Å². The van der Waals surface area contributed by atoms with E-state index in [4.69, 9.17) is 9.72 Å². The first kappa shape index (κ1) is 26.3. The van der Waals surface area contributed by atoms with Gasteiger partial charge in [-0.25, -0.2) is 9.97 Å². The zero-order valence-electron chi connectivity index (χ0n) is 24.0. The molecule has 0 bridgehead atoms. The van der Waals surface area contributed by atoms with Crippen LogP contribution in [0.3, 0.4) is 0 Å². The highest BCUT2D eigenvalue weighted by Crippen LogP contribution is 2.23. The van der Waals surface area contributed by atoms with Gasteiger partial charge < -0.3 is 13.9 Å². The summed E-state index contributed by atoms with van der Waals surface area (Å²) in [6.45, 7) is 13.3. The molecule has 0 saturated heterocycles. The molecule has 0 atom stereocenters. The monoisotopic (exact) mass is 542 g/mol. The number of hydrogen-bond acceptors (Lipinski definition) is 4. The van der Waals surface area contributed by atoms with Gasteiger partial charge in [0.05, 0.1) is 18.3 Å². The third kappa shape index (κ3) is 5.43. The lowest BCUT2D eigenvalue weighted by atomic mass is 10.1. The van der Waals surface area contributed by atoms with Crippen molar-refractivity contribution in [2.24, 2.45) is 0 Å². The highest BCUT2D eigenvalue weighted by molar-refractivity contribution is 5.79. The van der Waals surface area contributed by atoms with Crippen molar-refractivity contribution in [1.29, 1.82) is 0 Å². The maximum absolute atomic E-state index is 5.57. The topological polar surface area (TPSA) is 62.7 Å². The predicted molar refractivity (Wildman–Crippen MR) is 163 cm³/mol. The van der Waals surface area contributed by atoms with Crippen LogP contribution >= 0.6 is 0 Å². The van der Waals surface area contributed by atoms with Crippen molar-refractivity contribution in [1.82, 2.24) is 28.9 Å². The number of pyridine rings is 2. The minimum absolute atomic E-state index is 0.442. The fraction of sp³-hybridized carbons (Fsp3) is 0.206. The molecule has 41 heavy (non-hydrogen) atoms. The quantitative estimate of drug-likeness (QED) is 0.188. The average molecular weight is 543 g/mol. The Morgan fingerprint density at radius 1 is 0.732 bits per heavy atom. The van der Waals surface area contributed by atoms with Crippen LogP contribution < -0.4 is 4.74 Å². The van der Waals surface area contributed by atoms with Crippen molar-refractivity contribution in [3.63, 3.8) is 0 Å². The van der Waals surface area contributed by atoms with Crippen LogP contribution in [0.1, 0.15) is 39.5 Å². The largest absolute Gasteiger partial charge is 0.473 e. The molecule has 0 aliphatic heterocycles. The van der Waals surface area contributed by atoms with Crippen molar-refractivity contribution < 1.29 is 4.74 Å². The molecule has 0 spiro atoms. The molecule has 5 heterocycles. The fourth-order valence-corrected chi connectivity index (χ4v) is 5.43. The molecule has 0 saturated carbocycles. The molecule has 0 unspecified atom stereocenters. The number of hydrogen-bond donors (Lipinski definition) is 0. The second-order valence-corrected chi connectivity index (χ2v) is 10.6. The second kappa shape index (κ2) is 10.9. The number of fused-ring (bicyclic) bond motifs is 1. The standard InChI is InChI=1S/C34H34N6O/c1-6-15-41-34-14-12-30-17-27(11-13-31(30)36-34)21-38-22-29(20-35-38)16-28-18-32(39-23(2)7-8-24(39)3)37-33(19-28)40-25(4)9-10-26(40)5/h6-14,17-20,22H,1,15-16,21H2,2-5H3. The minimum atomic E-state index is 0.442. The zero-order valence-corrected chi connectivity index (χ0v) is 24.0. The molecule has 0 aliphatic carbocycles. The Morgan fingerprint density at radius 2 is 1.39 bits per heavy atom. The molecule has 0 aliphatic rings. The van der Waals surface area contributed by atoms with E-state index in [0.29, 0.717) is 19.0 Å². The van der Waals surface area contributed by atoms with E-state index in [2.05, 4.69) is 108 Å². The number of rotatable bonds is 9. The Hall–Kier alpha value is -4.91. The first-order chi connectivity index (χ1) is 19.9. The number of nitrogens with zero attached hydrogens (tertiary/aromatic N) is 6. The van der Waals surface area contributed by atoms with Crippen molar-refractivity contribution in [3.05, 3.63) is 131 Å². The number of aryl methyl sites for hydroxylation is 4. The van der Waals surface area contributed by atoms with Crippen molar-refractivity contribution in [2.45, 2.75) is 40.7 Å². The van der Waals surface area contributed by atoms with Gasteiger partial charge in [-0.3, -0.25) is 4.68 Å². The Balaban J connectivity index is 1.27. The summed E-state index contributed by atoms with van der Waals surface area (Å²) < 4.78 is 12.0. The summed E-state index contributed by atoms with van der Waals surface area (Å²) in [4.78, 5) is 9.68. The van der Waals surface area contributed by atoms with Gasteiger partial charge in [0.1, 0.15) is 18.2 Å². The van der Waals surface area contributed by atoms with Crippen molar-refractivity contribution in [3.8, 4) is 17.5 Å². The van der Waals surface area contributed by atoms with E-state index in [1.807, 2.05) is 29.1 Å². The van der Waals surface area contributed by atoms with Crippen LogP contribution in [0.15, 0.2) is 91.8 Å². The van der Waals surface area contributed by atoms with Crippen LogP contribution in [0.2, 0.25) is 0 Å². The van der Waals surface area contributed by atoms with Gasteiger partial charge in [-0.1, -0.05) is 18.7 Å². The average Bonchev–Trinajstić information content (AvgIpc) is 3.64. The van der Waals surface area contributed by atoms with Gasteiger partial charge in [0.15, 0.2) is 0 Å². The van der Waals surface area contributed by atoms with E-state index in [1.165, 1.54) is 11.1 Å². The molecule has 0 amide bonds. The van der Waals surface area contributed by atoms with Gasteiger partial charge in [-0.2, -0.15) is 5.10 Å². The number of ether oxygens (including phenoxy) is 1. The Labute approximate surface area is 240 Å². The van der Waals surface area contributed by atoms with E-state index in [1.54, 1.807) is 6.08 Å². The van der Waals surface area contributed by atoms with Gasteiger partial charge in [0.2, 0.25) is 5.88 Å². The molecule has 0 N–H and O–H groups in total. The third-order valence-corrected chi connectivity index (χ3v) is 7.38. The van der Waals surface area contributed by atoms with Gasteiger partial charge in [0, 0.05) is 46.8 Å². The van der Waals surface area contributed by atoms with Crippen molar-refractivity contribution >= 4 is 10.9 Å². The molecule has 206 valence electrons. The molecule has 1 aromatic carbocycles. The summed E-state index contributed by atoms with van der Waals surface area (Å²) in [5, 5.41) is 5.76. The molecule has 7 heteroatoms. The summed E-state index contributed by atoms with van der Waals surface area (Å²) in [6.07, 6.45) is 6.57. The highest BCUT2D eigenvalue weighted by Gasteiger charge is 2.13. The fourth-order valence-electron chi connectivity index (χ4n) is 5.43. The Kier molecular flexibility index (Phi) is 7.01. The maximum Gasteiger partial charge on any atom is 0.214 e. The first-order valence-electron chi connectivity index (χ1n) is 13.8. The number of aromatic nitrogens is 6. The highest BCUT2D eigenvalue weighted by atomic mass is 16.5. The van der Waals surface area contributed by atoms with E-state index >= 15 is 0 Å². The molecule has 6 aromatic rings. The van der Waals surface area contributed by atoms with E-state index in [9.17, 15) is 0 Å². The lowest BCUT2D eigenvalue weighted by Crippen LogP contribution is -2.09. The van der Waals surface area contributed by atoms with Crippen LogP contribution in [0, 0.1) is 27.7 Å². The Bertz CT molecular complexity index is 1770. The van der Waals surface area contributed by atoms with Gasteiger partial charge in [-0.15, -0.1) is 0 Å². The summed E-state index contributed by atoms with van der Waals surface area (Å²) >= 11 is 0. The van der Waals surface area contributed by atoms with Crippen LogP contribution in [0.25, 0.3) is 22.5 Å². The molecule has 0 fully saturated rings. The maximum atomic E-state index is 5.57. The third-order valence-electron chi connectivity index (χ3n) is 7.38. The summed E-state index contributed by atoms with van der Waals surface area (Å²) in [5.74, 6) is 2.47. The molecular formula is C34H34N6O. The van der Waals surface area contributed by atoms with Gasteiger partial charge in [-0.05, 0) is 99.0 Å². The minimum Gasteiger partial charge on any atom is -0.473 e. The summed E-state index contributed by atoms with van der Waals surface area (Å²) in [5.41, 5.74) is 9.07. The lowest BCUT2D eigenvalue weighted by Gasteiger charge is -2.15. The zero-order chi connectivity index (χ0) is 28.5. The molecule has 0 radical (unpaired) electrons. The summed E-state index contributed by atoms with van der Waals surface area (Å²) in [7, 11) is 0. The number of benzene rings is 1. The van der Waals surface area contributed by atoms with E-state index in [0.717, 1.165) is 57.3 Å². The molecule has 7 nitrogen and oxygen atoms in total. The van der Waals surface area contributed by atoms with Crippen molar-refractivity contribution in [2.75, 3.05) is 6.61 Å². The molecular weight excluding hydrogens is 508 g/mol. The SMILES string of the molecule is C=CCOc1ccc2cc(Cn3cc(Cc4cc(-n5c(C)ccc5C)nc(-n5c(C)ccc5C)c4)cn3)ccc2n1. The Morgan fingerprint density at radius 3 is 2.02 bits per heavy atom. The molecule has 5 aromatic heterocycles. The summed E-state index contributed by atoms with van der Waals surface area (Å²) in [6, 6.07) is 23.2. The van der Waals surface area contributed by atoms with Crippen LogP contribution in [0.5, 0.6) is 5.88 Å². The smallest absolute Gasteiger partial charge is 0.214 e. The molecule has 6 rings (SSSR count). The normalized spacial score (nSPS) is 11.3. The van der Waals surface area contributed by atoms with E-state index in [-0.39, 0.29) is 0 Å². The van der Waals surface area contributed by atoms with Gasteiger partial charge in [0.25, 0.3) is 0 Å². The van der Waals surface area contributed by atoms with E-state index < -0.39 is 0 Å².